The first-order valence-corrected chi connectivity index (χ1v) is 7.56. The highest BCUT2D eigenvalue weighted by Crippen LogP contribution is 2.67. The van der Waals surface area contributed by atoms with Crippen LogP contribution in [0.15, 0.2) is 0 Å². The predicted octanol–water partition coefficient (Wildman–Crippen LogP) is 2.40. The molecule has 2 atom stereocenters. The first-order chi connectivity index (χ1) is 8.54. The summed E-state index contributed by atoms with van der Waals surface area (Å²) in [5.74, 6) is -0.219. The van der Waals surface area contributed by atoms with Crippen molar-refractivity contribution in [2.24, 2.45) is 10.8 Å². The first-order valence-electron chi connectivity index (χ1n) is 7.56. The summed E-state index contributed by atoms with van der Waals surface area (Å²) in [5, 5.41) is 0. The van der Waals surface area contributed by atoms with Crippen molar-refractivity contribution in [3.8, 4) is 0 Å². The zero-order valence-electron chi connectivity index (χ0n) is 11.7. The van der Waals surface area contributed by atoms with E-state index >= 15 is 0 Å². The monoisotopic (exact) mass is 251 g/mol. The second-order valence-corrected chi connectivity index (χ2v) is 7.53. The molecule has 2 saturated carbocycles. The van der Waals surface area contributed by atoms with Crippen LogP contribution >= 0.6 is 0 Å². The molecule has 2 aliphatic carbocycles. The molecule has 0 N–H and O–H groups in total. The Morgan fingerprint density at radius 1 is 0.944 bits per heavy atom. The lowest BCUT2D eigenvalue weighted by Crippen LogP contribution is -2.45. The molecule has 0 amide bonds. The van der Waals surface area contributed by atoms with E-state index in [-0.39, 0.29) is 5.79 Å². The van der Waals surface area contributed by atoms with Gasteiger partial charge in [0.05, 0.1) is 13.2 Å². The molecule has 2 aliphatic heterocycles. The van der Waals surface area contributed by atoms with Gasteiger partial charge in [0.1, 0.15) is 0 Å². The van der Waals surface area contributed by atoms with Gasteiger partial charge in [0, 0.05) is 18.9 Å². The van der Waals surface area contributed by atoms with E-state index in [4.69, 9.17) is 9.47 Å². The third-order valence-electron chi connectivity index (χ3n) is 6.37. The summed E-state index contributed by atoms with van der Waals surface area (Å²) in [6, 6.07) is 0.826. The maximum Gasteiger partial charge on any atom is 0.169 e. The van der Waals surface area contributed by atoms with Gasteiger partial charge in [-0.3, -0.25) is 0 Å². The van der Waals surface area contributed by atoms with Crippen molar-refractivity contribution in [3.63, 3.8) is 0 Å². The fourth-order valence-corrected chi connectivity index (χ4v) is 5.09. The van der Waals surface area contributed by atoms with Gasteiger partial charge in [-0.25, -0.2) is 0 Å². The largest absolute Gasteiger partial charge is 0.347 e. The van der Waals surface area contributed by atoms with E-state index in [0.29, 0.717) is 10.8 Å². The van der Waals surface area contributed by atoms with Crippen molar-refractivity contribution in [2.45, 2.75) is 57.8 Å². The van der Waals surface area contributed by atoms with Gasteiger partial charge in [-0.05, 0) is 43.2 Å². The first kappa shape index (κ1) is 11.7. The van der Waals surface area contributed by atoms with Crippen LogP contribution in [0.5, 0.6) is 0 Å². The second-order valence-electron chi connectivity index (χ2n) is 7.53. The molecule has 4 fully saturated rings. The normalized spacial score (nSPS) is 50.7. The molecule has 18 heavy (non-hydrogen) atoms. The van der Waals surface area contributed by atoms with Gasteiger partial charge in [0.25, 0.3) is 0 Å². The fraction of sp³-hybridized carbons (Fsp3) is 1.00. The van der Waals surface area contributed by atoms with Gasteiger partial charge in [-0.1, -0.05) is 13.8 Å². The van der Waals surface area contributed by atoms with Crippen molar-refractivity contribution in [3.05, 3.63) is 0 Å². The smallest absolute Gasteiger partial charge is 0.169 e. The molecule has 2 heterocycles. The van der Waals surface area contributed by atoms with Gasteiger partial charge in [0.2, 0.25) is 0 Å². The van der Waals surface area contributed by atoms with Gasteiger partial charge >= 0.3 is 0 Å². The van der Waals surface area contributed by atoms with Crippen LogP contribution in [0.1, 0.15) is 46.0 Å². The summed E-state index contributed by atoms with van der Waals surface area (Å²) in [7, 11) is 0. The third-order valence-corrected chi connectivity index (χ3v) is 6.37. The molecule has 4 rings (SSSR count). The topological polar surface area (TPSA) is 21.7 Å². The van der Waals surface area contributed by atoms with Gasteiger partial charge in [-0.2, -0.15) is 0 Å². The van der Waals surface area contributed by atoms with Crippen molar-refractivity contribution < 1.29 is 9.47 Å². The highest BCUT2D eigenvalue weighted by molar-refractivity contribution is 5.13. The van der Waals surface area contributed by atoms with Gasteiger partial charge < -0.3 is 14.4 Å². The minimum Gasteiger partial charge on any atom is -0.347 e. The van der Waals surface area contributed by atoms with Crippen LogP contribution in [0.2, 0.25) is 0 Å². The lowest BCUT2D eigenvalue weighted by atomic mass is 9.71. The molecule has 102 valence electrons. The Balaban J connectivity index is 1.57. The fourth-order valence-electron chi connectivity index (χ4n) is 5.09. The lowest BCUT2D eigenvalue weighted by molar-refractivity contribution is -0.161. The van der Waals surface area contributed by atoms with Crippen LogP contribution < -0.4 is 0 Å². The van der Waals surface area contributed by atoms with Crippen LogP contribution in [0.4, 0.5) is 0 Å². The molecule has 0 aromatic rings. The highest BCUT2D eigenvalue weighted by Gasteiger charge is 2.65. The molecule has 4 aliphatic rings. The van der Waals surface area contributed by atoms with Crippen molar-refractivity contribution in [2.75, 3.05) is 26.3 Å². The molecule has 0 aromatic heterocycles. The van der Waals surface area contributed by atoms with E-state index in [1.54, 1.807) is 0 Å². The number of likely N-dealkylation sites (tertiary alicyclic amines) is 1. The number of nitrogens with zero attached hydrogens (tertiary/aromatic N) is 1. The molecule has 2 saturated heterocycles. The molecule has 2 unspecified atom stereocenters. The molecule has 3 heteroatoms. The van der Waals surface area contributed by atoms with Crippen LogP contribution in [-0.4, -0.2) is 43.0 Å². The summed E-state index contributed by atoms with van der Waals surface area (Å²) >= 11 is 0. The van der Waals surface area contributed by atoms with E-state index < -0.39 is 0 Å². The van der Waals surface area contributed by atoms with Gasteiger partial charge in [-0.15, -0.1) is 0 Å². The minimum absolute atomic E-state index is 0.219. The summed E-state index contributed by atoms with van der Waals surface area (Å²) in [6.07, 6.45) is 6.32. The predicted molar refractivity (Wildman–Crippen MR) is 69.3 cm³/mol. The maximum atomic E-state index is 5.97. The molecular weight excluding hydrogens is 226 g/mol. The maximum absolute atomic E-state index is 5.97. The zero-order valence-corrected chi connectivity index (χ0v) is 11.7. The SMILES string of the molecule is CC12CC(N3CCC3)CC1(C)CC1(C2)OCCO1. The third kappa shape index (κ3) is 1.41. The number of hydrogen-bond donors (Lipinski definition) is 0. The van der Waals surface area contributed by atoms with E-state index in [1.165, 1.54) is 32.4 Å². The molecule has 0 aromatic carbocycles. The Hall–Kier alpha value is -0.120. The van der Waals surface area contributed by atoms with E-state index in [1.807, 2.05) is 0 Å². The molecular formula is C15H25NO2. The van der Waals surface area contributed by atoms with E-state index in [0.717, 1.165) is 32.1 Å². The number of fused-ring (bicyclic) bond motifs is 1. The van der Waals surface area contributed by atoms with Crippen molar-refractivity contribution in [1.82, 2.24) is 4.90 Å². The van der Waals surface area contributed by atoms with Crippen molar-refractivity contribution >= 4 is 0 Å². The second kappa shape index (κ2) is 3.50. The van der Waals surface area contributed by atoms with E-state index in [9.17, 15) is 0 Å². The number of rotatable bonds is 1. The number of hydrogen-bond acceptors (Lipinski definition) is 3. The Morgan fingerprint density at radius 2 is 1.50 bits per heavy atom. The van der Waals surface area contributed by atoms with Gasteiger partial charge in [0.15, 0.2) is 5.79 Å². The quantitative estimate of drug-likeness (QED) is 0.714. The summed E-state index contributed by atoms with van der Waals surface area (Å²) in [4.78, 5) is 2.69. The Labute approximate surface area is 110 Å². The average molecular weight is 251 g/mol. The summed E-state index contributed by atoms with van der Waals surface area (Å²) in [6.45, 7) is 9.20. The summed E-state index contributed by atoms with van der Waals surface area (Å²) < 4.78 is 11.9. The molecule has 3 nitrogen and oxygen atoms in total. The van der Waals surface area contributed by atoms with Crippen molar-refractivity contribution in [1.29, 1.82) is 0 Å². The zero-order chi connectivity index (χ0) is 12.4. The number of ether oxygens (including phenoxy) is 2. The summed E-state index contributed by atoms with van der Waals surface area (Å²) in [5.41, 5.74) is 0.829. The standard InChI is InChI=1S/C15H25NO2/c1-13-8-12(16-4-3-5-16)9-14(13,2)11-15(10-13)17-6-7-18-15/h12H,3-11H2,1-2H3. The van der Waals surface area contributed by atoms with Crippen LogP contribution in [0.25, 0.3) is 0 Å². The Kier molecular flexibility index (Phi) is 2.27. The lowest BCUT2D eigenvalue weighted by Gasteiger charge is -2.38. The Morgan fingerprint density at radius 3 is 1.94 bits per heavy atom. The average Bonchev–Trinajstić information content (AvgIpc) is 2.74. The highest BCUT2D eigenvalue weighted by atomic mass is 16.7. The molecule has 0 bridgehead atoms. The molecule has 1 spiro atoms. The minimum atomic E-state index is -0.219. The van der Waals surface area contributed by atoms with Crippen LogP contribution in [0, 0.1) is 10.8 Å². The Bertz CT molecular complexity index is 340. The van der Waals surface area contributed by atoms with E-state index in [2.05, 4.69) is 18.7 Å². The molecule has 0 radical (unpaired) electrons. The van der Waals surface area contributed by atoms with Crippen LogP contribution in [0.3, 0.4) is 0 Å². The van der Waals surface area contributed by atoms with Crippen LogP contribution in [-0.2, 0) is 9.47 Å².